The van der Waals surface area contributed by atoms with Crippen molar-refractivity contribution in [1.29, 1.82) is 0 Å². The minimum Gasteiger partial charge on any atom is -0.377 e. The molecule has 0 radical (unpaired) electrons. The Morgan fingerprint density at radius 3 is 2.54 bits per heavy atom. The number of aliphatic hydroxyl groups is 1. The van der Waals surface area contributed by atoms with Gasteiger partial charge in [-0.1, -0.05) is 71.0 Å². The van der Waals surface area contributed by atoms with E-state index in [2.05, 4.69) is 46.1 Å². The van der Waals surface area contributed by atoms with Crippen molar-refractivity contribution in [3.05, 3.63) is 12.2 Å². The van der Waals surface area contributed by atoms with Gasteiger partial charge in [-0.2, -0.15) is 0 Å². The second-order valence-electron chi connectivity index (χ2n) is 11.6. The fraction of sp³-hybridized carbons (Fsp3) is 0.852. The molecule has 0 spiro atoms. The van der Waals surface area contributed by atoms with Crippen LogP contribution in [0.4, 0.5) is 0 Å². The molecule has 4 aliphatic carbocycles. The van der Waals surface area contributed by atoms with Crippen LogP contribution in [-0.2, 0) is 0 Å². The lowest BCUT2D eigenvalue weighted by atomic mass is 9.60. The van der Waals surface area contributed by atoms with Crippen molar-refractivity contribution < 1.29 is 5.11 Å². The maximum Gasteiger partial charge on any atom is 0.128 e. The van der Waals surface area contributed by atoms with E-state index in [1.165, 1.54) is 50.5 Å². The smallest absolute Gasteiger partial charge is 0.128 e. The number of fused-ring (bicyclic) bond motifs is 2. The van der Waals surface area contributed by atoms with Crippen LogP contribution in [0.1, 0.15) is 98.3 Å². The molecule has 0 aromatic heterocycles. The van der Waals surface area contributed by atoms with Gasteiger partial charge >= 0.3 is 0 Å². The van der Waals surface area contributed by atoms with Crippen molar-refractivity contribution in [1.82, 2.24) is 0 Å². The molecule has 28 heavy (non-hydrogen) atoms. The van der Waals surface area contributed by atoms with Crippen LogP contribution in [0.15, 0.2) is 12.2 Å². The fourth-order valence-electron chi connectivity index (χ4n) is 7.60. The Morgan fingerprint density at radius 1 is 1.11 bits per heavy atom. The van der Waals surface area contributed by atoms with Gasteiger partial charge in [0.15, 0.2) is 0 Å². The third kappa shape index (κ3) is 3.29. The van der Waals surface area contributed by atoms with Crippen LogP contribution in [-0.4, -0.2) is 10.7 Å². The van der Waals surface area contributed by atoms with Crippen LogP contribution in [0.5, 0.6) is 0 Å². The summed E-state index contributed by atoms with van der Waals surface area (Å²) in [4.78, 5) is 0. The molecule has 0 aromatic rings. The molecule has 4 rings (SSSR count). The molecule has 0 aliphatic heterocycles. The summed E-state index contributed by atoms with van der Waals surface area (Å²) in [6.45, 7) is 13.9. The quantitative estimate of drug-likeness (QED) is 0.315. The first-order valence-corrected chi connectivity index (χ1v) is 12.2. The van der Waals surface area contributed by atoms with Gasteiger partial charge in [0.1, 0.15) is 5.60 Å². The number of hydrogen-bond acceptors (Lipinski definition) is 1. The molecule has 0 unspecified atom stereocenters. The Labute approximate surface area is 173 Å². The SMILES string of the molecule is CC(C)CCC[C@@H](C)[C@H]1CC[C@@H]2[C@]1(C)CC[13CH2][C@@]2(O)C#C[C@]12C[C@H]1CCC2=[13CH2]. The molecule has 4 aliphatic rings. The maximum atomic E-state index is 11.7. The van der Waals surface area contributed by atoms with Crippen molar-refractivity contribution >= 4 is 0 Å². The van der Waals surface area contributed by atoms with E-state index in [0.29, 0.717) is 5.92 Å². The van der Waals surface area contributed by atoms with E-state index in [9.17, 15) is 5.11 Å². The number of hydrogen-bond donors (Lipinski definition) is 1. The number of rotatable bonds is 5. The molecule has 0 aromatic carbocycles. The van der Waals surface area contributed by atoms with E-state index in [1.54, 1.807) is 0 Å². The third-order valence-electron chi connectivity index (χ3n) is 9.42. The zero-order valence-electron chi connectivity index (χ0n) is 18.8. The molecule has 4 fully saturated rings. The summed E-state index contributed by atoms with van der Waals surface area (Å²) in [7, 11) is 0. The maximum absolute atomic E-state index is 11.7. The summed E-state index contributed by atoms with van der Waals surface area (Å²) < 4.78 is 0. The van der Waals surface area contributed by atoms with Gasteiger partial charge in [0, 0.05) is 5.92 Å². The first-order chi connectivity index (χ1) is 13.2. The van der Waals surface area contributed by atoms with E-state index in [-0.39, 0.29) is 10.8 Å². The van der Waals surface area contributed by atoms with Crippen molar-refractivity contribution in [3.63, 3.8) is 0 Å². The lowest BCUT2D eigenvalue weighted by molar-refractivity contribution is -0.0717. The predicted molar refractivity (Wildman–Crippen MR) is 118 cm³/mol. The topological polar surface area (TPSA) is 20.2 Å². The summed E-state index contributed by atoms with van der Waals surface area (Å²) in [5.74, 6) is 10.6. The van der Waals surface area contributed by atoms with Crippen LogP contribution in [0, 0.1) is 52.3 Å². The van der Waals surface area contributed by atoms with Crippen LogP contribution >= 0.6 is 0 Å². The summed E-state index contributed by atoms with van der Waals surface area (Å²) in [6.07, 6.45) is 13.4. The van der Waals surface area contributed by atoms with Crippen molar-refractivity contribution in [2.45, 2.75) is 104 Å². The van der Waals surface area contributed by atoms with Gasteiger partial charge < -0.3 is 5.11 Å². The zero-order valence-corrected chi connectivity index (χ0v) is 18.8. The average molecular weight is 385 g/mol. The Bertz CT molecular complexity index is 680. The fourth-order valence-corrected chi connectivity index (χ4v) is 7.60. The molecule has 156 valence electrons. The van der Waals surface area contributed by atoms with Crippen molar-refractivity contribution in [2.24, 2.45) is 40.4 Å². The molecule has 0 heterocycles. The van der Waals surface area contributed by atoms with Gasteiger partial charge in [0.05, 0.1) is 5.41 Å². The highest BCUT2D eigenvalue weighted by atomic mass is 16.3. The molecule has 0 amide bonds. The Hall–Kier alpha value is -0.740. The molecule has 1 heteroatoms. The molecule has 1 nitrogen and oxygen atoms in total. The van der Waals surface area contributed by atoms with Crippen molar-refractivity contribution in [3.8, 4) is 11.8 Å². The highest BCUT2D eigenvalue weighted by Gasteiger charge is 2.60. The van der Waals surface area contributed by atoms with E-state index >= 15 is 0 Å². The van der Waals surface area contributed by atoms with E-state index < -0.39 is 5.60 Å². The largest absolute Gasteiger partial charge is 0.377 e. The van der Waals surface area contributed by atoms with E-state index in [4.69, 9.17) is 0 Å². The van der Waals surface area contributed by atoms with Gasteiger partial charge in [0.25, 0.3) is 0 Å². The highest BCUT2D eigenvalue weighted by Crippen LogP contribution is 2.66. The molecule has 1 N–H and O–H groups in total. The van der Waals surface area contributed by atoms with Crippen LogP contribution < -0.4 is 0 Å². The number of allylic oxidation sites excluding steroid dienone is 1. The second kappa shape index (κ2) is 7.19. The summed E-state index contributed by atoms with van der Waals surface area (Å²) >= 11 is 0. The van der Waals surface area contributed by atoms with Crippen LogP contribution in [0.25, 0.3) is 0 Å². The van der Waals surface area contributed by atoms with Gasteiger partial charge in [0.2, 0.25) is 0 Å². The third-order valence-corrected chi connectivity index (χ3v) is 9.42. The van der Waals surface area contributed by atoms with Gasteiger partial charge in [-0.25, -0.2) is 0 Å². The normalized spacial score (nSPS) is 45.4. The lowest BCUT2D eigenvalue weighted by Crippen LogP contribution is -2.49. The van der Waals surface area contributed by atoms with Gasteiger partial charge in [-0.3, -0.25) is 0 Å². The van der Waals surface area contributed by atoms with Crippen LogP contribution in [0.3, 0.4) is 0 Å². The Morgan fingerprint density at radius 2 is 1.89 bits per heavy atom. The molecular weight excluding hydrogens is 342 g/mol. The van der Waals surface area contributed by atoms with Crippen molar-refractivity contribution in [2.75, 3.05) is 0 Å². The highest BCUT2D eigenvalue weighted by molar-refractivity contribution is 5.42. The molecule has 0 saturated heterocycles. The Kier molecular flexibility index (Phi) is 5.27. The molecule has 4 saturated carbocycles. The first kappa shape index (κ1) is 20.5. The monoisotopic (exact) mass is 384 g/mol. The van der Waals surface area contributed by atoms with E-state index in [1.807, 2.05) is 0 Å². The summed E-state index contributed by atoms with van der Waals surface area (Å²) in [6, 6.07) is 0. The van der Waals surface area contributed by atoms with E-state index in [0.717, 1.165) is 49.4 Å². The first-order valence-electron chi connectivity index (χ1n) is 12.2. The minimum atomic E-state index is -0.760. The van der Waals surface area contributed by atoms with Gasteiger partial charge in [-0.15, -0.1) is 0 Å². The van der Waals surface area contributed by atoms with Crippen LogP contribution in [0.2, 0.25) is 0 Å². The summed E-state index contributed by atoms with van der Waals surface area (Å²) in [5.41, 5.74) is 0.942. The molecule has 0 bridgehead atoms. The second-order valence-corrected chi connectivity index (χ2v) is 11.6. The van der Waals surface area contributed by atoms with Gasteiger partial charge in [-0.05, 0) is 80.5 Å². The zero-order chi connectivity index (χ0) is 20.2. The minimum absolute atomic E-state index is 0.0890. The molecule has 7 atom stereocenters. The molecular formula is C27H42O. The lowest BCUT2D eigenvalue weighted by Gasteiger charge is -2.49. The summed E-state index contributed by atoms with van der Waals surface area (Å²) in [5, 5.41) is 11.7. The Balaban J connectivity index is 1.49. The standard InChI is InChI=1S/C27H42O/c1-19(2)8-6-9-20(3)23-12-13-24-25(23,5)14-7-15-27(24,28)17-16-26-18-22(26)11-10-21(26)4/h19-20,22-24,28H,4,6-15,18H2,1-3,5H3/t20-,22-,23-,24-,25-,26-,27-/m1/s1/i4+1,15+1. The average Bonchev–Trinajstić information content (AvgIpc) is 3.10. The predicted octanol–water partition coefficient (Wildman–Crippen LogP) is 6.76.